The Balaban J connectivity index is 1.45. The number of hydrogen-bond donors (Lipinski definition) is 2. The highest BCUT2D eigenvalue weighted by Crippen LogP contribution is 2.28. The summed E-state index contributed by atoms with van der Waals surface area (Å²) in [5.74, 6) is -0.356. The minimum atomic E-state index is -0.599. The van der Waals surface area contributed by atoms with E-state index in [0.717, 1.165) is 48.1 Å². The number of ether oxygens (including phenoxy) is 1. The molecule has 3 atom stereocenters. The molecule has 2 N–H and O–H groups in total. The van der Waals surface area contributed by atoms with Crippen molar-refractivity contribution in [3.05, 3.63) is 143 Å². The van der Waals surface area contributed by atoms with Crippen LogP contribution in [0.4, 0.5) is 8.78 Å². The maximum Gasteiger partial charge on any atom is 0.126 e. The first-order valence-electron chi connectivity index (χ1n) is 17.8. The third-order valence-electron chi connectivity index (χ3n) is 9.72. The highest BCUT2D eigenvalue weighted by Gasteiger charge is 2.35. The van der Waals surface area contributed by atoms with Crippen molar-refractivity contribution in [2.24, 2.45) is 5.92 Å². The van der Waals surface area contributed by atoms with Crippen molar-refractivity contribution < 1.29 is 18.6 Å². The Kier molecular flexibility index (Phi) is 14.6. The van der Waals surface area contributed by atoms with Crippen molar-refractivity contribution in [3.8, 4) is 0 Å². The fourth-order valence-corrected chi connectivity index (χ4v) is 7.22. The summed E-state index contributed by atoms with van der Waals surface area (Å²) in [4.78, 5) is 2.34. The van der Waals surface area contributed by atoms with E-state index in [9.17, 15) is 13.9 Å². The van der Waals surface area contributed by atoms with E-state index in [-0.39, 0.29) is 18.7 Å². The van der Waals surface area contributed by atoms with E-state index in [1.165, 1.54) is 50.7 Å². The van der Waals surface area contributed by atoms with Gasteiger partial charge in [0.05, 0.1) is 25.4 Å². The average molecular weight is 655 g/mol. The van der Waals surface area contributed by atoms with E-state index in [1.807, 2.05) is 66.7 Å². The van der Waals surface area contributed by atoms with Gasteiger partial charge >= 0.3 is 0 Å². The molecule has 0 amide bonds. The van der Waals surface area contributed by atoms with E-state index in [4.69, 9.17) is 4.74 Å². The second-order valence-electron chi connectivity index (χ2n) is 13.4. The van der Waals surface area contributed by atoms with Crippen molar-refractivity contribution in [1.82, 2.24) is 10.2 Å². The molecule has 4 nitrogen and oxygen atoms in total. The summed E-state index contributed by atoms with van der Waals surface area (Å²) in [5, 5.41) is 14.6. The van der Waals surface area contributed by atoms with Crippen LogP contribution in [0, 0.1) is 17.6 Å². The van der Waals surface area contributed by atoms with Gasteiger partial charge in [0, 0.05) is 25.2 Å². The molecule has 0 aromatic heterocycles. The van der Waals surface area contributed by atoms with Crippen LogP contribution in [0.2, 0.25) is 0 Å². The van der Waals surface area contributed by atoms with E-state index in [1.54, 1.807) is 0 Å². The molecule has 0 heterocycles. The smallest absolute Gasteiger partial charge is 0.126 e. The molecule has 1 saturated carbocycles. The van der Waals surface area contributed by atoms with Crippen LogP contribution in [0.3, 0.4) is 0 Å². The van der Waals surface area contributed by atoms with Gasteiger partial charge in [-0.3, -0.25) is 4.90 Å². The molecule has 0 radical (unpaired) electrons. The Morgan fingerprint density at radius 2 is 1.27 bits per heavy atom. The highest BCUT2D eigenvalue weighted by atomic mass is 19.1. The summed E-state index contributed by atoms with van der Waals surface area (Å²) in [5.41, 5.74) is 3.84. The molecule has 1 fully saturated rings. The summed E-state index contributed by atoms with van der Waals surface area (Å²) in [7, 11) is 0. The third kappa shape index (κ3) is 11.6. The van der Waals surface area contributed by atoms with Crippen LogP contribution in [-0.4, -0.2) is 41.3 Å². The van der Waals surface area contributed by atoms with Crippen molar-refractivity contribution in [2.75, 3.05) is 13.2 Å². The normalized spacial score (nSPS) is 15.8. The predicted octanol–water partition coefficient (Wildman–Crippen LogP) is 8.86. The van der Waals surface area contributed by atoms with Crippen molar-refractivity contribution in [1.29, 1.82) is 0 Å². The molecular weight excluding hydrogens is 602 g/mol. The van der Waals surface area contributed by atoms with Crippen LogP contribution >= 0.6 is 0 Å². The monoisotopic (exact) mass is 654 g/mol. The van der Waals surface area contributed by atoms with Gasteiger partial charge in [-0.05, 0) is 59.7 Å². The first-order chi connectivity index (χ1) is 23.6. The van der Waals surface area contributed by atoms with Crippen molar-refractivity contribution >= 4 is 0 Å². The fraction of sp³-hybridized carbons (Fsp3) is 0.429. The van der Waals surface area contributed by atoms with Gasteiger partial charge in [0.25, 0.3) is 0 Å². The lowest BCUT2D eigenvalue weighted by molar-refractivity contribution is -0.0584. The molecule has 1 aliphatic rings. The molecule has 0 spiro atoms. The standard InChI is InChI=1S/C42H52F2N2O2/c43-38-25-37(26-39(44)28-38)27-41(46(29-34-18-7-2-8-19-34)30-35-20-9-3-10-21-35)42(48-32-36-22-11-4-12-23-36)40(31-47)45-24-14-13-17-33-15-5-1-6-16-33/h2-4,7-12,18-23,25-26,28,33,40-42,45,47H,1,5-6,13-17,24,27,29-32H2/t40-,41+,42-/m1/s1. The summed E-state index contributed by atoms with van der Waals surface area (Å²) in [6, 6.07) is 33.6. The van der Waals surface area contributed by atoms with Crippen LogP contribution in [0.5, 0.6) is 0 Å². The van der Waals surface area contributed by atoms with Crippen LogP contribution < -0.4 is 5.32 Å². The minimum Gasteiger partial charge on any atom is -0.395 e. The average Bonchev–Trinajstić information content (AvgIpc) is 3.11. The lowest BCUT2D eigenvalue weighted by Gasteiger charge is -2.41. The molecule has 0 saturated heterocycles. The van der Waals surface area contributed by atoms with E-state index < -0.39 is 17.7 Å². The number of unbranched alkanes of at least 4 members (excludes halogenated alkanes) is 1. The SMILES string of the molecule is OC[C@@H](NCCCCC1CCCCC1)[C@@H](OCc1ccccc1)[C@H](Cc1cc(F)cc(F)c1)N(Cc1ccccc1)Cc1ccccc1. The van der Waals surface area contributed by atoms with Gasteiger partial charge in [0.2, 0.25) is 0 Å². The maximum absolute atomic E-state index is 14.6. The number of benzene rings is 4. The maximum atomic E-state index is 14.6. The lowest BCUT2D eigenvalue weighted by atomic mass is 9.86. The summed E-state index contributed by atoms with van der Waals surface area (Å²) < 4.78 is 36.0. The quantitative estimate of drug-likeness (QED) is 0.0992. The largest absolute Gasteiger partial charge is 0.395 e. The summed E-state index contributed by atoms with van der Waals surface area (Å²) in [6.07, 6.45) is 10.1. The Labute approximate surface area is 286 Å². The zero-order valence-corrected chi connectivity index (χ0v) is 28.2. The number of nitrogens with one attached hydrogen (secondary N) is 1. The lowest BCUT2D eigenvalue weighted by Crippen LogP contribution is -2.56. The van der Waals surface area contributed by atoms with Gasteiger partial charge in [0.15, 0.2) is 0 Å². The Bertz CT molecular complexity index is 1390. The number of nitrogens with zero attached hydrogens (tertiary/aromatic N) is 1. The first kappa shape index (κ1) is 35.9. The summed E-state index contributed by atoms with van der Waals surface area (Å²) in [6.45, 7) is 2.19. The molecule has 0 aliphatic heterocycles. The van der Waals surface area contributed by atoms with Crippen LogP contribution in [0.1, 0.15) is 73.6 Å². The zero-order chi connectivity index (χ0) is 33.4. The highest BCUT2D eigenvalue weighted by molar-refractivity contribution is 5.22. The second-order valence-corrected chi connectivity index (χ2v) is 13.4. The Hall–Kier alpha value is -3.42. The van der Waals surface area contributed by atoms with Gasteiger partial charge in [-0.25, -0.2) is 8.78 Å². The van der Waals surface area contributed by atoms with Crippen LogP contribution in [-0.2, 0) is 30.9 Å². The molecule has 4 aromatic carbocycles. The molecular formula is C42H52F2N2O2. The molecule has 0 bridgehead atoms. The van der Waals surface area contributed by atoms with Gasteiger partial charge in [0.1, 0.15) is 11.6 Å². The van der Waals surface area contributed by atoms with Gasteiger partial charge in [-0.15, -0.1) is 0 Å². The van der Waals surface area contributed by atoms with E-state index in [2.05, 4.69) is 34.5 Å². The molecule has 0 unspecified atom stereocenters. The van der Waals surface area contributed by atoms with Gasteiger partial charge in [-0.2, -0.15) is 0 Å². The van der Waals surface area contributed by atoms with Crippen LogP contribution in [0.15, 0.2) is 109 Å². The van der Waals surface area contributed by atoms with Crippen molar-refractivity contribution in [3.63, 3.8) is 0 Å². The first-order valence-corrected chi connectivity index (χ1v) is 17.8. The molecule has 5 rings (SSSR count). The van der Waals surface area contributed by atoms with E-state index in [0.29, 0.717) is 31.7 Å². The molecule has 6 heteroatoms. The van der Waals surface area contributed by atoms with E-state index >= 15 is 0 Å². The Morgan fingerprint density at radius 1 is 0.708 bits per heavy atom. The molecule has 1 aliphatic carbocycles. The van der Waals surface area contributed by atoms with Gasteiger partial charge < -0.3 is 15.2 Å². The Morgan fingerprint density at radius 3 is 1.83 bits per heavy atom. The summed E-state index contributed by atoms with van der Waals surface area (Å²) >= 11 is 0. The second kappa shape index (κ2) is 19.5. The van der Waals surface area contributed by atoms with Crippen molar-refractivity contribution in [2.45, 2.75) is 95.7 Å². The molecule has 256 valence electrons. The van der Waals surface area contributed by atoms with Crippen LogP contribution in [0.25, 0.3) is 0 Å². The molecule has 48 heavy (non-hydrogen) atoms. The number of rotatable bonds is 19. The molecule has 4 aromatic rings. The minimum absolute atomic E-state index is 0.124. The number of hydrogen-bond acceptors (Lipinski definition) is 4. The number of aliphatic hydroxyl groups is 1. The van der Waals surface area contributed by atoms with Gasteiger partial charge in [-0.1, -0.05) is 136 Å². The third-order valence-corrected chi connectivity index (χ3v) is 9.72. The zero-order valence-electron chi connectivity index (χ0n) is 28.2. The topological polar surface area (TPSA) is 44.7 Å². The number of halogens is 2. The predicted molar refractivity (Wildman–Crippen MR) is 190 cm³/mol. The number of aliphatic hydroxyl groups excluding tert-OH is 1. The fourth-order valence-electron chi connectivity index (χ4n) is 7.22.